The van der Waals surface area contributed by atoms with Gasteiger partial charge in [0.2, 0.25) is 15.9 Å². The molecule has 0 unspecified atom stereocenters. The first-order chi connectivity index (χ1) is 9.26. The molecule has 0 radical (unpaired) electrons. The number of nitrogens with one attached hydrogen (secondary N) is 2. The average molecular weight is 317 g/mol. The molecule has 0 aliphatic heterocycles. The van der Waals surface area contributed by atoms with Crippen LogP contribution in [0.3, 0.4) is 0 Å². The Bertz CT molecular complexity index is 780. The quantitative estimate of drug-likeness (QED) is 0.734. The molecule has 2 rings (SSSR count). The van der Waals surface area contributed by atoms with E-state index in [-0.39, 0.29) is 16.5 Å². The fourth-order valence-electron chi connectivity index (χ4n) is 1.36. The zero-order chi connectivity index (χ0) is 14.8. The molecule has 2 aromatic rings. The molecule has 1 aromatic carbocycles. The number of rotatable bonds is 5. The summed E-state index contributed by atoms with van der Waals surface area (Å²) in [6.45, 7) is 0. The maximum atomic E-state index is 11.7. The minimum absolute atomic E-state index is 0.0543. The fraction of sp³-hybridized carbons (Fsp3) is 0. The number of sulfonamides is 1. The van der Waals surface area contributed by atoms with Crippen LogP contribution in [0, 0.1) is 0 Å². The van der Waals surface area contributed by atoms with E-state index in [2.05, 4.69) is 9.71 Å². The van der Waals surface area contributed by atoms with Gasteiger partial charge in [-0.05, 0) is 30.3 Å². The molecule has 0 saturated carbocycles. The third-order valence-electron chi connectivity index (χ3n) is 2.19. The highest BCUT2D eigenvalue weighted by Crippen LogP contribution is 2.15. The third kappa shape index (κ3) is 3.73. The van der Waals surface area contributed by atoms with Gasteiger partial charge in [0.1, 0.15) is 0 Å². The molecule has 0 bridgehead atoms. The van der Waals surface area contributed by atoms with Gasteiger partial charge in [-0.1, -0.05) is 0 Å². The van der Waals surface area contributed by atoms with Crippen molar-refractivity contribution in [3.05, 3.63) is 42.6 Å². The number of aromatic amines is 1. The molecule has 108 valence electrons. The van der Waals surface area contributed by atoms with E-state index in [1.807, 2.05) is 0 Å². The Labute approximate surface area is 115 Å². The average Bonchev–Trinajstić information content (AvgIpc) is 2.79. The summed E-state index contributed by atoms with van der Waals surface area (Å²) in [4.78, 5) is 2.45. The normalized spacial score (nSPS) is 12.1. The molecule has 0 aliphatic rings. The maximum absolute atomic E-state index is 11.7. The fourth-order valence-corrected chi connectivity index (χ4v) is 2.68. The monoisotopic (exact) mass is 317 g/mol. The first-order valence-corrected chi connectivity index (χ1v) is 8.20. The Morgan fingerprint density at radius 1 is 1.05 bits per heavy atom. The highest BCUT2D eigenvalue weighted by atomic mass is 32.2. The van der Waals surface area contributed by atoms with Gasteiger partial charge in [0, 0.05) is 12.3 Å². The summed E-state index contributed by atoms with van der Waals surface area (Å²) in [6.07, 6.45) is 1.51. The molecule has 0 atom stereocenters. The van der Waals surface area contributed by atoms with Gasteiger partial charge in [0.15, 0.2) is 0 Å². The minimum atomic E-state index is -4.07. The van der Waals surface area contributed by atoms with Crippen molar-refractivity contribution in [2.75, 3.05) is 4.72 Å². The van der Waals surface area contributed by atoms with Gasteiger partial charge in [0.05, 0.1) is 10.6 Å². The molecule has 10 heteroatoms. The van der Waals surface area contributed by atoms with E-state index in [0.29, 0.717) is 0 Å². The molecular formula is C10H11N3O5S2. The van der Waals surface area contributed by atoms with Crippen LogP contribution in [0.5, 0.6) is 5.88 Å². The van der Waals surface area contributed by atoms with Gasteiger partial charge in [-0.15, -0.1) is 0 Å². The number of primary sulfonamides is 1. The zero-order valence-electron chi connectivity index (χ0n) is 9.98. The molecule has 8 nitrogen and oxygen atoms in total. The van der Waals surface area contributed by atoms with Crippen LogP contribution in [0.1, 0.15) is 0 Å². The Morgan fingerprint density at radius 3 is 2.20 bits per heavy atom. The predicted molar refractivity (Wildman–Crippen MR) is 71.8 cm³/mol. The van der Waals surface area contributed by atoms with Crippen LogP contribution >= 0.6 is 0 Å². The van der Waals surface area contributed by atoms with Crippen molar-refractivity contribution in [2.24, 2.45) is 5.14 Å². The number of anilines is 1. The van der Waals surface area contributed by atoms with Crippen molar-refractivity contribution >= 4 is 26.0 Å². The van der Waals surface area contributed by atoms with Crippen molar-refractivity contribution in [1.82, 2.24) is 4.98 Å². The van der Waals surface area contributed by atoms with Crippen molar-refractivity contribution < 1.29 is 21.0 Å². The summed E-state index contributed by atoms with van der Waals surface area (Å²) in [5.41, 5.74) is 0.143. The lowest BCUT2D eigenvalue weighted by Crippen LogP contribution is -2.19. The summed E-state index contributed by atoms with van der Waals surface area (Å²) in [5, 5.41) is 4.93. The van der Waals surface area contributed by atoms with Crippen LogP contribution < -0.4 is 14.0 Å². The van der Waals surface area contributed by atoms with Gasteiger partial charge in [0.25, 0.3) is 0 Å². The summed E-state index contributed by atoms with van der Waals surface area (Å²) in [7, 11) is -7.89. The molecular weight excluding hydrogens is 306 g/mol. The van der Waals surface area contributed by atoms with Crippen molar-refractivity contribution in [2.45, 2.75) is 4.90 Å². The molecule has 0 amide bonds. The van der Waals surface area contributed by atoms with Crippen LogP contribution in [0.25, 0.3) is 0 Å². The van der Waals surface area contributed by atoms with Crippen molar-refractivity contribution in [3.8, 4) is 5.88 Å². The Balaban J connectivity index is 2.14. The summed E-state index contributed by atoms with van der Waals surface area (Å²) in [6, 6.07) is 7.89. The second-order valence-corrected chi connectivity index (χ2v) is 6.58. The smallest absolute Gasteiger partial charge is 0.348 e. The van der Waals surface area contributed by atoms with Crippen LogP contribution in [-0.2, 0) is 20.3 Å². The Morgan fingerprint density at radius 2 is 1.70 bits per heavy atom. The zero-order valence-corrected chi connectivity index (χ0v) is 11.6. The lowest BCUT2D eigenvalue weighted by atomic mass is 10.3. The van der Waals surface area contributed by atoms with E-state index in [4.69, 9.17) is 9.32 Å². The largest absolute Gasteiger partial charge is 0.408 e. The van der Waals surface area contributed by atoms with Gasteiger partial charge in [-0.2, -0.15) is 8.42 Å². The van der Waals surface area contributed by atoms with Crippen molar-refractivity contribution in [3.63, 3.8) is 0 Å². The summed E-state index contributed by atoms with van der Waals surface area (Å²) >= 11 is 0. The van der Waals surface area contributed by atoms with Crippen LogP contribution in [0.15, 0.2) is 47.5 Å². The molecule has 1 aromatic heterocycles. The molecule has 20 heavy (non-hydrogen) atoms. The molecule has 0 spiro atoms. The lowest BCUT2D eigenvalue weighted by molar-refractivity contribution is 0.484. The second-order valence-electron chi connectivity index (χ2n) is 3.74. The number of hydrogen-bond acceptors (Lipinski definition) is 5. The number of aromatic nitrogens is 1. The third-order valence-corrected chi connectivity index (χ3v) is 4.01. The standard InChI is InChI=1S/C10H11N3O5S2/c11-19(14,15)9-5-3-8(4-6-9)13-20(16,17)18-10-2-1-7-12-10/h1-7,12-13H,(H2,11,14,15). The number of H-pyrrole nitrogens is 1. The number of hydrogen-bond donors (Lipinski definition) is 3. The van der Waals surface area contributed by atoms with E-state index >= 15 is 0 Å². The first kappa shape index (κ1) is 14.4. The van der Waals surface area contributed by atoms with E-state index < -0.39 is 20.3 Å². The van der Waals surface area contributed by atoms with E-state index in [1.54, 1.807) is 6.07 Å². The second kappa shape index (κ2) is 5.15. The highest BCUT2D eigenvalue weighted by molar-refractivity contribution is 7.89. The SMILES string of the molecule is NS(=O)(=O)c1ccc(NS(=O)(=O)Oc2ccc[nH]2)cc1. The van der Waals surface area contributed by atoms with E-state index in [1.165, 1.54) is 36.5 Å². The first-order valence-electron chi connectivity index (χ1n) is 5.25. The Hall–Kier alpha value is -2.04. The van der Waals surface area contributed by atoms with Crippen LogP contribution in [0.2, 0.25) is 0 Å². The Kier molecular flexibility index (Phi) is 3.70. The number of benzene rings is 1. The van der Waals surface area contributed by atoms with E-state index in [9.17, 15) is 16.8 Å². The van der Waals surface area contributed by atoms with Crippen LogP contribution in [-0.4, -0.2) is 21.8 Å². The molecule has 0 aliphatic carbocycles. The van der Waals surface area contributed by atoms with Gasteiger partial charge in [-0.25, -0.2) is 13.6 Å². The number of nitrogens with two attached hydrogens (primary N) is 1. The molecule has 0 fully saturated rings. The minimum Gasteiger partial charge on any atom is -0.348 e. The van der Waals surface area contributed by atoms with Gasteiger partial charge < -0.3 is 9.17 Å². The molecule has 1 heterocycles. The van der Waals surface area contributed by atoms with Crippen LogP contribution in [0.4, 0.5) is 5.69 Å². The molecule has 0 saturated heterocycles. The topological polar surface area (TPSA) is 131 Å². The predicted octanol–water partition coefficient (Wildman–Crippen LogP) is 0.398. The highest BCUT2D eigenvalue weighted by Gasteiger charge is 2.14. The molecule has 4 N–H and O–H groups in total. The maximum Gasteiger partial charge on any atom is 0.408 e. The van der Waals surface area contributed by atoms with Crippen molar-refractivity contribution in [1.29, 1.82) is 0 Å². The summed E-state index contributed by atoms with van der Waals surface area (Å²) < 4.78 is 52.2. The van der Waals surface area contributed by atoms with Gasteiger partial charge in [-0.3, -0.25) is 4.72 Å². The summed E-state index contributed by atoms with van der Waals surface area (Å²) in [5.74, 6) is 0.0543. The lowest BCUT2D eigenvalue weighted by Gasteiger charge is -2.08. The van der Waals surface area contributed by atoms with Gasteiger partial charge >= 0.3 is 10.3 Å². The van der Waals surface area contributed by atoms with E-state index in [0.717, 1.165) is 0 Å².